The maximum Gasteiger partial charge on any atom is 0.0196 e. The van der Waals surface area contributed by atoms with Gasteiger partial charge in [0.25, 0.3) is 0 Å². The lowest BCUT2D eigenvalue weighted by Crippen LogP contribution is -2.57. The lowest BCUT2D eigenvalue weighted by molar-refractivity contribution is 0.0831. The van der Waals surface area contributed by atoms with E-state index in [1.807, 2.05) is 0 Å². The standard InChI is InChI=1S/C16H32N2/c1-3-12-18(13-4-2)15-8-11-17-16(14-15)9-6-5-7-10-16/h15,17H,3-14H2,1-2H3. The van der Waals surface area contributed by atoms with E-state index in [1.54, 1.807) is 0 Å². The Balaban J connectivity index is 1.95. The minimum Gasteiger partial charge on any atom is -0.311 e. The van der Waals surface area contributed by atoms with Gasteiger partial charge < -0.3 is 10.2 Å². The molecule has 1 aliphatic heterocycles. The monoisotopic (exact) mass is 252 g/mol. The van der Waals surface area contributed by atoms with Crippen molar-refractivity contribution in [1.82, 2.24) is 10.2 Å². The first-order valence-corrected chi connectivity index (χ1v) is 8.29. The Kier molecular flexibility index (Phi) is 5.50. The van der Waals surface area contributed by atoms with E-state index in [0.29, 0.717) is 5.54 Å². The van der Waals surface area contributed by atoms with Gasteiger partial charge in [0.2, 0.25) is 0 Å². The largest absolute Gasteiger partial charge is 0.311 e. The van der Waals surface area contributed by atoms with Crippen molar-refractivity contribution in [3.05, 3.63) is 0 Å². The zero-order valence-electron chi connectivity index (χ0n) is 12.5. The maximum atomic E-state index is 3.88. The molecule has 0 aromatic rings. The third-order valence-corrected chi connectivity index (χ3v) is 4.95. The van der Waals surface area contributed by atoms with Gasteiger partial charge in [-0.2, -0.15) is 0 Å². The topological polar surface area (TPSA) is 15.3 Å². The van der Waals surface area contributed by atoms with Gasteiger partial charge in [0, 0.05) is 11.6 Å². The van der Waals surface area contributed by atoms with E-state index in [-0.39, 0.29) is 0 Å². The summed E-state index contributed by atoms with van der Waals surface area (Å²) < 4.78 is 0. The second kappa shape index (κ2) is 6.91. The third kappa shape index (κ3) is 3.48. The second-order valence-corrected chi connectivity index (χ2v) is 6.45. The predicted octanol–water partition coefficient (Wildman–Crippen LogP) is 3.56. The highest BCUT2D eigenvalue weighted by Gasteiger charge is 2.38. The van der Waals surface area contributed by atoms with Crippen molar-refractivity contribution in [2.75, 3.05) is 19.6 Å². The van der Waals surface area contributed by atoms with Crippen molar-refractivity contribution in [3.63, 3.8) is 0 Å². The maximum absolute atomic E-state index is 3.88. The van der Waals surface area contributed by atoms with Crippen LogP contribution in [0.5, 0.6) is 0 Å². The Bertz CT molecular complexity index is 222. The lowest BCUT2D eigenvalue weighted by Gasteiger charge is -2.47. The summed E-state index contributed by atoms with van der Waals surface area (Å²) in [5.74, 6) is 0. The highest BCUT2D eigenvalue weighted by Crippen LogP contribution is 2.36. The van der Waals surface area contributed by atoms with Crippen LogP contribution in [0.1, 0.15) is 71.6 Å². The smallest absolute Gasteiger partial charge is 0.0196 e. The molecular weight excluding hydrogens is 220 g/mol. The first-order chi connectivity index (χ1) is 8.79. The summed E-state index contributed by atoms with van der Waals surface area (Å²) in [4.78, 5) is 2.77. The highest BCUT2D eigenvalue weighted by atomic mass is 15.2. The third-order valence-electron chi connectivity index (χ3n) is 4.95. The van der Waals surface area contributed by atoms with Crippen molar-refractivity contribution in [2.24, 2.45) is 0 Å². The number of nitrogens with one attached hydrogen (secondary N) is 1. The highest BCUT2D eigenvalue weighted by molar-refractivity contribution is 4.98. The molecule has 1 N–H and O–H groups in total. The lowest BCUT2D eigenvalue weighted by atomic mass is 9.74. The number of nitrogens with zero attached hydrogens (tertiary/aromatic N) is 1. The number of hydrogen-bond donors (Lipinski definition) is 1. The van der Waals surface area contributed by atoms with Crippen LogP contribution in [0, 0.1) is 0 Å². The van der Waals surface area contributed by atoms with Gasteiger partial charge in [0.1, 0.15) is 0 Å². The Hall–Kier alpha value is -0.0800. The SMILES string of the molecule is CCCN(CCC)C1CCNC2(CCCCC2)C1. The molecule has 1 saturated carbocycles. The quantitative estimate of drug-likeness (QED) is 0.805. The van der Waals surface area contributed by atoms with Crippen LogP contribution in [0.4, 0.5) is 0 Å². The minimum absolute atomic E-state index is 0.515. The normalized spacial score (nSPS) is 27.8. The van der Waals surface area contributed by atoms with Gasteiger partial charge >= 0.3 is 0 Å². The van der Waals surface area contributed by atoms with Gasteiger partial charge in [-0.05, 0) is 58.2 Å². The van der Waals surface area contributed by atoms with Crippen LogP contribution in [-0.4, -0.2) is 36.1 Å². The van der Waals surface area contributed by atoms with E-state index in [2.05, 4.69) is 24.1 Å². The van der Waals surface area contributed by atoms with Crippen LogP contribution >= 0.6 is 0 Å². The molecular formula is C16H32N2. The summed E-state index contributed by atoms with van der Waals surface area (Å²) >= 11 is 0. The zero-order chi connectivity index (χ0) is 12.8. The Morgan fingerprint density at radius 3 is 2.33 bits per heavy atom. The molecule has 2 nitrogen and oxygen atoms in total. The van der Waals surface area contributed by atoms with Gasteiger partial charge in [0.05, 0.1) is 0 Å². The molecule has 1 aliphatic carbocycles. The van der Waals surface area contributed by atoms with Crippen LogP contribution < -0.4 is 5.32 Å². The molecule has 18 heavy (non-hydrogen) atoms. The molecule has 1 saturated heterocycles. The van der Waals surface area contributed by atoms with E-state index in [9.17, 15) is 0 Å². The molecule has 1 heterocycles. The number of rotatable bonds is 5. The molecule has 106 valence electrons. The molecule has 2 heteroatoms. The first kappa shape index (κ1) is 14.3. The molecule has 0 amide bonds. The summed E-state index contributed by atoms with van der Waals surface area (Å²) in [5, 5.41) is 3.88. The average Bonchev–Trinajstić information content (AvgIpc) is 2.39. The van der Waals surface area contributed by atoms with Crippen molar-refractivity contribution >= 4 is 0 Å². The molecule has 2 fully saturated rings. The van der Waals surface area contributed by atoms with Gasteiger partial charge in [-0.15, -0.1) is 0 Å². The van der Waals surface area contributed by atoms with Crippen molar-refractivity contribution < 1.29 is 0 Å². The van der Waals surface area contributed by atoms with E-state index >= 15 is 0 Å². The minimum atomic E-state index is 0.515. The zero-order valence-corrected chi connectivity index (χ0v) is 12.5. The van der Waals surface area contributed by atoms with Gasteiger partial charge in [-0.25, -0.2) is 0 Å². The Morgan fingerprint density at radius 2 is 1.72 bits per heavy atom. The fraction of sp³-hybridized carbons (Fsp3) is 1.00. The van der Waals surface area contributed by atoms with Crippen LogP contribution in [0.2, 0.25) is 0 Å². The summed E-state index contributed by atoms with van der Waals surface area (Å²) in [6.45, 7) is 8.48. The van der Waals surface area contributed by atoms with Crippen LogP contribution in [0.25, 0.3) is 0 Å². The van der Waals surface area contributed by atoms with Crippen LogP contribution in [0.3, 0.4) is 0 Å². The summed E-state index contributed by atoms with van der Waals surface area (Å²) in [5.41, 5.74) is 0.515. The van der Waals surface area contributed by atoms with Crippen LogP contribution in [0.15, 0.2) is 0 Å². The number of hydrogen-bond acceptors (Lipinski definition) is 2. The average molecular weight is 252 g/mol. The molecule has 0 aromatic heterocycles. The van der Waals surface area contributed by atoms with Gasteiger partial charge in [-0.1, -0.05) is 33.1 Å². The fourth-order valence-corrected chi connectivity index (χ4v) is 4.10. The molecule has 0 bridgehead atoms. The predicted molar refractivity (Wildman–Crippen MR) is 79.0 cm³/mol. The van der Waals surface area contributed by atoms with Crippen LogP contribution in [-0.2, 0) is 0 Å². The molecule has 0 aromatic carbocycles. The molecule has 1 spiro atoms. The number of piperidine rings is 1. The van der Waals surface area contributed by atoms with Crippen molar-refractivity contribution in [3.8, 4) is 0 Å². The van der Waals surface area contributed by atoms with Gasteiger partial charge in [-0.3, -0.25) is 0 Å². The summed E-state index contributed by atoms with van der Waals surface area (Å²) in [6, 6.07) is 0.851. The molecule has 1 unspecified atom stereocenters. The second-order valence-electron chi connectivity index (χ2n) is 6.45. The molecule has 0 radical (unpaired) electrons. The van der Waals surface area contributed by atoms with E-state index < -0.39 is 0 Å². The van der Waals surface area contributed by atoms with E-state index in [1.165, 1.54) is 77.4 Å². The van der Waals surface area contributed by atoms with E-state index in [0.717, 1.165) is 6.04 Å². The fourth-order valence-electron chi connectivity index (χ4n) is 4.10. The molecule has 2 aliphatic rings. The summed E-state index contributed by atoms with van der Waals surface area (Å²) in [7, 11) is 0. The Labute approximate surface area is 114 Å². The first-order valence-electron chi connectivity index (χ1n) is 8.29. The van der Waals surface area contributed by atoms with E-state index in [4.69, 9.17) is 0 Å². The summed E-state index contributed by atoms with van der Waals surface area (Å²) in [6.07, 6.45) is 12.6. The van der Waals surface area contributed by atoms with Crippen molar-refractivity contribution in [2.45, 2.75) is 83.2 Å². The van der Waals surface area contributed by atoms with Crippen molar-refractivity contribution in [1.29, 1.82) is 0 Å². The molecule has 2 rings (SSSR count). The van der Waals surface area contributed by atoms with Gasteiger partial charge in [0.15, 0.2) is 0 Å². The molecule has 1 atom stereocenters. The Morgan fingerprint density at radius 1 is 1.06 bits per heavy atom.